The smallest absolute Gasteiger partial charge is 0.412 e. The minimum absolute atomic E-state index is 0.0114. The van der Waals surface area contributed by atoms with Gasteiger partial charge in [-0.1, -0.05) is 26.0 Å². The zero-order valence-corrected chi connectivity index (χ0v) is 38.6. The first-order valence-corrected chi connectivity index (χ1v) is 23.6. The lowest BCUT2D eigenvalue weighted by Gasteiger charge is -2.65. The summed E-state index contributed by atoms with van der Waals surface area (Å²) in [5, 5.41) is 10.1. The first-order valence-electron chi connectivity index (χ1n) is 23.6. The van der Waals surface area contributed by atoms with Crippen LogP contribution in [0.3, 0.4) is 0 Å². The fourth-order valence-electron chi connectivity index (χ4n) is 13.3. The third-order valence-corrected chi connectivity index (χ3v) is 15.3. The third kappa shape index (κ3) is 10.7. The van der Waals surface area contributed by atoms with E-state index in [-0.39, 0.29) is 52.1 Å². The van der Waals surface area contributed by atoms with Crippen LogP contribution in [0.25, 0.3) is 0 Å². The molecule has 2 aromatic rings. The Morgan fingerprint density at radius 1 is 0.703 bits per heavy atom. The molecule has 0 radical (unpaired) electrons. The van der Waals surface area contributed by atoms with E-state index in [1.54, 1.807) is 27.2 Å². The molecule has 14 heteroatoms. The highest BCUT2D eigenvalue weighted by Gasteiger charge is 2.60. The molecule has 2 amide bonds. The molecule has 2 aromatic carbocycles. The second kappa shape index (κ2) is 19.0. The average Bonchev–Trinajstić information content (AvgIpc) is 3.57. The lowest BCUT2D eigenvalue weighted by molar-refractivity contribution is -0.172. The van der Waals surface area contributed by atoms with Crippen molar-refractivity contribution in [1.29, 1.82) is 0 Å². The van der Waals surface area contributed by atoms with Crippen molar-refractivity contribution in [2.24, 2.45) is 34.5 Å². The summed E-state index contributed by atoms with van der Waals surface area (Å²) in [5.74, 6) is 1.56. The fraction of sp³-hybridized carbons (Fsp3) is 0.680. The van der Waals surface area contributed by atoms with Crippen LogP contribution in [0.5, 0.6) is 23.0 Å². The number of nitrogens with one attached hydrogen (secondary N) is 3. The number of carbonyl (C=O) groups is 4. The van der Waals surface area contributed by atoms with E-state index in [2.05, 4.69) is 29.8 Å². The minimum Gasteiger partial charge on any atom is -0.493 e. The fourth-order valence-corrected chi connectivity index (χ4v) is 13.3. The highest BCUT2D eigenvalue weighted by atomic mass is 16.7. The van der Waals surface area contributed by atoms with Gasteiger partial charge in [-0.05, 0) is 155 Å². The Hall–Kier alpha value is -4.72. The van der Waals surface area contributed by atoms with Crippen LogP contribution < -0.4 is 34.9 Å². The molecule has 350 valence electrons. The Balaban J connectivity index is 0.725. The molecule has 1 saturated heterocycles. The third-order valence-electron chi connectivity index (χ3n) is 15.3. The van der Waals surface area contributed by atoms with Crippen LogP contribution in [0.15, 0.2) is 36.4 Å². The van der Waals surface area contributed by atoms with E-state index in [1.165, 1.54) is 26.4 Å². The van der Waals surface area contributed by atoms with E-state index in [0.717, 1.165) is 81.8 Å². The first-order chi connectivity index (χ1) is 30.6. The molecule has 9 rings (SSSR count). The highest BCUT2D eigenvalue weighted by Crippen LogP contribution is 2.66. The summed E-state index contributed by atoms with van der Waals surface area (Å²) in [7, 11) is 4.73. The van der Waals surface area contributed by atoms with Crippen molar-refractivity contribution in [3.05, 3.63) is 47.5 Å². The normalized spacial score (nSPS) is 33.3. The van der Waals surface area contributed by atoms with Crippen molar-refractivity contribution >= 4 is 24.1 Å². The number of methoxy groups -OCH3 is 3. The maximum absolute atomic E-state index is 13.1. The summed E-state index contributed by atoms with van der Waals surface area (Å²) in [5.41, 5.74) is 2.22. The number of hydrogen-bond acceptors (Lipinski definition) is 12. The van der Waals surface area contributed by atoms with Crippen molar-refractivity contribution in [1.82, 2.24) is 16.0 Å². The predicted octanol–water partition coefficient (Wildman–Crippen LogP) is 8.20. The van der Waals surface area contributed by atoms with Crippen molar-refractivity contribution in [3.8, 4) is 23.0 Å². The molecule has 1 heterocycles. The zero-order chi connectivity index (χ0) is 45.2. The van der Waals surface area contributed by atoms with Gasteiger partial charge in [0, 0.05) is 36.5 Å². The minimum atomic E-state index is -0.945. The van der Waals surface area contributed by atoms with E-state index in [0.29, 0.717) is 60.4 Å². The monoisotopic (exact) mass is 887 g/mol. The molecule has 7 aliphatic rings. The Labute approximate surface area is 377 Å². The first kappa shape index (κ1) is 45.8. The molecule has 6 aliphatic carbocycles. The summed E-state index contributed by atoms with van der Waals surface area (Å²) < 4.78 is 38.9. The highest BCUT2D eigenvalue weighted by molar-refractivity contribution is 5.76. The molecular formula is C50H69N3O11. The van der Waals surface area contributed by atoms with Crippen LogP contribution in [-0.2, 0) is 36.6 Å². The maximum Gasteiger partial charge on any atom is 0.412 e. The van der Waals surface area contributed by atoms with Gasteiger partial charge >= 0.3 is 24.1 Å². The van der Waals surface area contributed by atoms with E-state index >= 15 is 0 Å². The second-order valence-corrected chi connectivity index (χ2v) is 20.8. The quantitative estimate of drug-likeness (QED) is 0.116. The Morgan fingerprint density at radius 2 is 1.28 bits per heavy atom. The molecule has 64 heavy (non-hydrogen) atoms. The molecular weight excluding hydrogens is 819 g/mol. The van der Waals surface area contributed by atoms with Crippen molar-refractivity contribution in [3.63, 3.8) is 0 Å². The largest absolute Gasteiger partial charge is 0.493 e. The number of cyclic esters (lactones) is 1. The molecule has 14 nitrogen and oxygen atoms in total. The van der Waals surface area contributed by atoms with Gasteiger partial charge in [0.15, 0.2) is 23.0 Å². The van der Waals surface area contributed by atoms with Gasteiger partial charge in [0.2, 0.25) is 6.29 Å². The number of alkyl carbamates (subject to hydrolysis) is 1. The summed E-state index contributed by atoms with van der Waals surface area (Å²) in [6, 6.07) is 11.8. The number of benzene rings is 2. The summed E-state index contributed by atoms with van der Waals surface area (Å²) in [6.07, 6.45) is 12.5. The van der Waals surface area contributed by atoms with Gasteiger partial charge in [-0.3, -0.25) is 9.59 Å². The molecule has 4 bridgehead atoms. The van der Waals surface area contributed by atoms with E-state index in [4.69, 9.17) is 33.2 Å². The van der Waals surface area contributed by atoms with E-state index in [1.807, 2.05) is 30.3 Å². The van der Waals surface area contributed by atoms with E-state index < -0.39 is 18.5 Å². The SMILES string of the molecule is COc1ccc(C[C@H]2COC(=O)[C@@H]2Cc2ccc(OC(=O)NC3CCC(N[C@H]4CC[C@@H](C(=O)OC(C)OC(=O)NC56CC7CC(C)(CC(C)(C7)C5)C6)CC4)CC3)c(OC)c2)cc1OC. The van der Waals surface area contributed by atoms with E-state index in [9.17, 15) is 19.2 Å². The number of ether oxygens (including phenoxy) is 7. The Kier molecular flexibility index (Phi) is 13.6. The lowest BCUT2D eigenvalue weighted by Crippen LogP contribution is -2.65. The number of hydrogen-bond donors (Lipinski definition) is 3. The molecule has 1 aliphatic heterocycles. The van der Waals surface area contributed by atoms with Crippen LogP contribution in [0, 0.1) is 34.5 Å². The number of amides is 2. The van der Waals surface area contributed by atoms with Crippen LogP contribution in [0.4, 0.5) is 9.59 Å². The molecule has 3 unspecified atom stereocenters. The molecule has 0 spiro atoms. The van der Waals surface area contributed by atoms with Crippen molar-refractivity contribution in [2.75, 3.05) is 27.9 Å². The van der Waals surface area contributed by atoms with Gasteiger partial charge < -0.3 is 49.1 Å². The Morgan fingerprint density at radius 3 is 1.91 bits per heavy atom. The van der Waals surface area contributed by atoms with Crippen molar-refractivity contribution < 1.29 is 52.3 Å². The lowest BCUT2D eigenvalue weighted by atomic mass is 9.43. The van der Waals surface area contributed by atoms with Gasteiger partial charge in [-0.2, -0.15) is 0 Å². The van der Waals surface area contributed by atoms with Crippen molar-refractivity contribution in [2.45, 2.75) is 153 Å². The van der Waals surface area contributed by atoms with Crippen LogP contribution in [-0.4, -0.2) is 82.0 Å². The Bertz CT molecular complexity index is 2010. The van der Waals surface area contributed by atoms with Crippen LogP contribution in [0.2, 0.25) is 0 Å². The molecule has 7 fully saturated rings. The number of esters is 2. The standard InChI is InChI=1S/C50H69N3O11/c1-30(63-47(57)53-50-25-33-23-48(2,28-50)27-49(3,24-33)29-50)62-44(54)34-9-11-36(12-10-34)51-37-13-15-38(16-14-37)52-46(56)64-41-18-8-32(22-43(41)60-6)20-39-35(26-61-45(39)55)19-31-7-17-40(58-4)42(21-31)59-5/h7-8,17-18,21-22,30,33-39,51H,9-16,19-20,23-29H2,1-6H3,(H,52,56)(H,53,57)/t30?,33?,34-,35-,36+,37?,38?,39+,48?,49?,50?/m0/s1. The van der Waals surface area contributed by atoms with Gasteiger partial charge in [0.25, 0.3) is 0 Å². The van der Waals surface area contributed by atoms with Gasteiger partial charge in [-0.15, -0.1) is 0 Å². The number of carbonyl (C=O) groups excluding carboxylic acids is 4. The van der Waals surface area contributed by atoms with Crippen LogP contribution >= 0.6 is 0 Å². The summed E-state index contributed by atoms with van der Waals surface area (Å²) in [6.45, 7) is 6.71. The van der Waals surface area contributed by atoms with Crippen LogP contribution in [0.1, 0.15) is 122 Å². The summed E-state index contributed by atoms with van der Waals surface area (Å²) >= 11 is 0. The molecule has 5 atom stereocenters. The maximum atomic E-state index is 13.1. The number of rotatable bonds is 15. The molecule has 6 saturated carbocycles. The average molecular weight is 888 g/mol. The van der Waals surface area contributed by atoms with Gasteiger partial charge in [-0.25, -0.2) is 9.59 Å². The predicted molar refractivity (Wildman–Crippen MR) is 237 cm³/mol. The summed E-state index contributed by atoms with van der Waals surface area (Å²) in [4.78, 5) is 52.1. The second-order valence-electron chi connectivity index (χ2n) is 20.8. The topological polar surface area (TPSA) is 169 Å². The molecule has 3 N–H and O–H groups in total. The van der Waals surface area contributed by atoms with Gasteiger partial charge in [0.1, 0.15) is 0 Å². The van der Waals surface area contributed by atoms with Gasteiger partial charge in [0.05, 0.1) is 39.8 Å². The molecule has 0 aromatic heterocycles. The zero-order valence-electron chi connectivity index (χ0n) is 38.6.